The predicted molar refractivity (Wildman–Crippen MR) is 61.9 cm³/mol. The van der Waals surface area contributed by atoms with Gasteiger partial charge in [-0.05, 0) is 13.8 Å². The van der Waals surface area contributed by atoms with E-state index in [9.17, 15) is 14.4 Å². The van der Waals surface area contributed by atoms with Crippen LogP contribution in [0.4, 0.5) is 4.79 Å². The van der Waals surface area contributed by atoms with Gasteiger partial charge in [-0.15, -0.1) is 0 Å². The van der Waals surface area contributed by atoms with E-state index in [2.05, 4.69) is 5.32 Å². The zero-order valence-corrected chi connectivity index (χ0v) is 10.5. The Kier molecular flexibility index (Phi) is 4.94. The van der Waals surface area contributed by atoms with Gasteiger partial charge in [-0.25, -0.2) is 9.59 Å². The number of ether oxygens (including phenoxy) is 1. The number of carboxylic acid groups (broad SMARTS) is 1. The molecule has 7 heteroatoms. The molecule has 1 aliphatic heterocycles. The van der Waals surface area contributed by atoms with Gasteiger partial charge in [0, 0.05) is 19.0 Å². The molecule has 1 atom stereocenters. The molecule has 102 valence electrons. The Balaban J connectivity index is 2.27. The zero-order chi connectivity index (χ0) is 13.7. The van der Waals surface area contributed by atoms with E-state index in [1.165, 1.54) is 4.90 Å². The Bertz CT molecular complexity index is 338. The van der Waals surface area contributed by atoms with E-state index in [0.29, 0.717) is 13.1 Å². The summed E-state index contributed by atoms with van der Waals surface area (Å²) in [6, 6.07) is -1.06. The van der Waals surface area contributed by atoms with E-state index in [0.717, 1.165) is 0 Å². The molecule has 7 nitrogen and oxygen atoms in total. The van der Waals surface area contributed by atoms with Gasteiger partial charge in [-0.1, -0.05) is 0 Å². The van der Waals surface area contributed by atoms with Crippen molar-refractivity contribution in [2.45, 2.75) is 26.3 Å². The minimum Gasteiger partial charge on any atom is -0.481 e. The first-order chi connectivity index (χ1) is 8.43. The van der Waals surface area contributed by atoms with Crippen LogP contribution in [0.3, 0.4) is 0 Å². The van der Waals surface area contributed by atoms with Gasteiger partial charge in [0.05, 0.1) is 13.0 Å². The highest BCUT2D eigenvalue weighted by Crippen LogP contribution is 2.18. The number of carbonyl (C=O) groups is 3. The van der Waals surface area contributed by atoms with Gasteiger partial charge >= 0.3 is 18.0 Å². The summed E-state index contributed by atoms with van der Waals surface area (Å²) in [6.45, 7) is 4.33. The van der Waals surface area contributed by atoms with Crippen molar-refractivity contribution in [3.63, 3.8) is 0 Å². The molecule has 0 aromatic heterocycles. The number of esters is 1. The second-order valence-electron chi connectivity index (χ2n) is 4.29. The summed E-state index contributed by atoms with van der Waals surface area (Å²) < 4.78 is 4.76. The lowest BCUT2D eigenvalue weighted by atomic mass is 9.97. The van der Waals surface area contributed by atoms with Crippen LogP contribution >= 0.6 is 0 Å². The lowest BCUT2D eigenvalue weighted by Gasteiger charge is -2.38. The van der Waals surface area contributed by atoms with Crippen molar-refractivity contribution in [2.75, 3.05) is 19.7 Å². The molecule has 0 aromatic rings. The number of hydrogen-bond donors (Lipinski definition) is 2. The van der Waals surface area contributed by atoms with Crippen LogP contribution in [0.25, 0.3) is 0 Å². The largest absolute Gasteiger partial charge is 0.481 e. The van der Waals surface area contributed by atoms with E-state index in [1.54, 1.807) is 13.8 Å². The number of carbonyl (C=O) groups excluding carboxylic acids is 2. The average Bonchev–Trinajstić information content (AvgIpc) is 2.22. The topological polar surface area (TPSA) is 95.9 Å². The van der Waals surface area contributed by atoms with Crippen LogP contribution in [0.2, 0.25) is 0 Å². The van der Waals surface area contributed by atoms with Gasteiger partial charge in [-0.2, -0.15) is 0 Å². The molecule has 18 heavy (non-hydrogen) atoms. The van der Waals surface area contributed by atoms with Gasteiger partial charge in [0.25, 0.3) is 0 Å². The minimum absolute atomic E-state index is 0.00569. The molecule has 0 saturated carbocycles. The molecular weight excluding hydrogens is 240 g/mol. The van der Waals surface area contributed by atoms with Crippen molar-refractivity contribution in [1.29, 1.82) is 0 Å². The third-order valence-corrected chi connectivity index (χ3v) is 2.69. The summed E-state index contributed by atoms with van der Waals surface area (Å²) in [5.74, 6) is -1.33. The maximum Gasteiger partial charge on any atom is 0.328 e. The third-order valence-electron chi connectivity index (χ3n) is 2.69. The van der Waals surface area contributed by atoms with Gasteiger partial charge < -0.3 is 20.1 Å². The molecule has 2 N–H and O–H groups in total. The summed E-state index contributed by atoms with van der Waals surface area (Å²) in [5, 5.41) is 11.1. The molecule has 0 radical (unpaired) electrons. The normalized spacial score (nSPS) is 16.7. The van der Waals surface area contributed by atoms with Crippen molar-refractivity contribution in [3.8, 4) is 0 Å². The first-order valence-corrected chi connectivity index (χ1v) is 5.87. The summed E-state index contributed by atoms with van der Waals surface area (Å²) in [5.41, 5.74) is 0. The Morgan fingerprint density at radius 3 is 2.56 bits per heavy atom. The zero-order valence-electron chi connectivity index (χ0n) is 10.5. The Morgan fingerprint density at radius 2 is 2.06 bits per heavy atom. The summed E-state index contributed by atoms with van der Waals surface area (Å²) in [6.07, 6.45) is 0.0667. The minimum atomic E-state index is -0.861. The van der Waals surface area contributed by atoms with Crippen molar-refractivity contribution >= 4 is 18.0 Å². The first kappa shape index (κ1) is 14.3. The number of nitrogens with zero attached hydrogens (tertiary/aromatic N) is 1. The lowest BCUT2D eigenvalue weighted by Crippen LogP contribution is -2.56. The second kappa shape index (κ2) is 6.23. The number of carboxylic acids is 1. The van der Waals surface area contributed by atoms with Crippen LogP contribution in [0, 0.1) is 5.92 Å². The van der Waals surface area contributed by atoms with Crippen molar-refractivity contribution < 1.29 is 24.2 Å². The van der Waals surface area contributed by atoms with Crippen LogP contribution in [0.1, 0.15) is 20.3 Å². The van der Waals surface area contributed by atoms with Gasteiger partial charge in [0.15, 0.2) is 0 Å². The number of hydrogen-bond acceptors (Lipinski definition) is 4. The maximum atomic E-state index is 11.6. The summed E-state index contributed by atoms with van der Waals surface area (Å²) >= 11 is 0. The van der Waals surface area contributed by atoms with Crippen molar-refractivity contribution in [2.24, 2.45) is 5.92 Å². The predicted octanol–water partition coefficient (Wildman–Crippen LogP) is 0.0541. The SMILES string of the molecule is CCOC(=O)C(C)NC(=O)N1CC(CC(=O)O)C1. The summed E-state index contributed by atoms with van der Waals surface area (Å²) in [7, 11) is 0. The summed E-state index contributed by atoms with van der Waals surface area (Å²) in [4.78, 5) is 34.8. The van der Waals surface area contributed by atoms with Crippen molar-refractivity contribution in [1.82, 2.24) is 10.2 Å². The lowest BCUT2D eigenvalue weighted by molar-refractivity contribution is -0.144. The quantitative estimate of drug-likeness (QED) is 0.679. The highest BCUT2D eigenvalue weighted by molar-refractivity contribution is 5.83. The van der Waals surface area contributed by atoms with E-state index < -0.39 is 18.0 Å². The Labute approximate surface area is 105 Å². The first-order valence-electron chi connectivity index (χ1n) is 5.87. The highest BCUT2D eigenvalue weighted by Gasteiger charge is 2.33. The number of rotatable bonds is 5. The third kappa shape index (κ3) is 3.90. The fraction of sp³-hybridized carbons (Fsp3) is 0.727. The fourth-order valence-corrected chi connectivity index (χ4v) is 1.71. The van der Waals surface area contributed by atoms with Crippen LogP contribution in [0.15, 0.2) is 0 Å². The van der Waals surface area contributed by atoms with Gasteiger partial charge in [0.1, 0.15) is 6.04 Å². The molecule has 0 bridgehead atoms. The van der Waals surface area contributed by atoms with Gasteiger partial charge in [0.2, 0.25) is 0 Å². The van der Waals surface area contributed by atoms with E-state index in [4.69, 9.17) is 9.84 Å². The molecule has 1 fully saturated rings. The van der Waals surface area contributed by atoms with Crippen LogP contribution in [-0.4, -0.2) is 53.7 Å². The number of amides is 2. The molecule has 0 spiro atoms. The molecule has 0 aromatic carbocycles. The van der Waals surface area contributed by atoms with Crippen LogP contribution in [-0.2, 0) is 14.3 Å². The molecular formula is C11H18N2O5. The molecule has 1 rings (SSSR count). The molecule has 1 aliphatic rings. The second-order valence-corrected chi connectivity index (χ2v) is 4.29. The average molecular weight is 258 g/mol. The van der Waals surface area contributed by atoms with Crippen LogP contribution < -0.4 is 5.32 Å². The number of nitrogens with one attached hydrogen (secondary N) is 1. The van der Waals surface area contributed by atoms with Crippen molar-refractivity contribution in [3.05, 3.63) is 0 Å². The highest BCUT2D eigenvalue weighted by atomic mass is 16.5. The Hall–Kier alpha value is -1.79. The smallest absolute Gasteiger partial charge is 0.328 e. The number of likely N-dealkylation sites (tertiary alicyclic amines) is 1. The number of urea groups is 1. The fourth-order valence-electron chi connectivity index (χ4n) is 1.71. The van der Waals surface area contributed by atoms with E-state index in [-0.39, 0.29) is 25.0 Å². The monoisotopic (exact) mass is 258 g/mol. The molecule has 0 aliphatic carbocycles. The standard InChI is InChI=1S/C11H18N2O5/c1-3-18-10(16)7(2)12-11(17)13-5-8(6-13)4-9(14)15/h7-8H,3-6H2,1-2H3,(H,12,17)(H,14,15). The van der Waals surface area contributed by atoms with Gasteiger partial charge in [-0.3, -0.25) is 4.79 Å². The number of aliphatic carboxylic acids is 1. The van der Waals surface area contributed by atoms with E-state index >= 15 is 0 Å². The van der Waals surface area contributed by atoms with Crippen LogP contribution in [0.5, 0.6) is 0 Å². The van der Waals surface area contributed by atoms with E-state index in [1.807, 2.05) is 0 Å². The molecule has 1 unspecified atom stereocenters. The molecule has 1 heterocycles. The molecule has 1 saturated heterocycles. The molecule has 2 amide bonds. The Morgan fingerprint density at radius 1 is 1.44 bits per heavy atom. The maximum absolute atomic E-state index is 11.6.